The molecule has 0 saturated heterocycles. The zero-order chi connectivity index (χ0) is 20.3. The van der Waals surface area contributed by atoms with Crippen molar-refractivity contribution < 1.29 is 13.2 Å². The maximum absolute atomic E-state index is 12.9. The maximum atomic E-state index is 12.9. The van der Waals surface area contributed by atoms with Gasteiger partial charge in [0.1, 0.15) is 0 Å². The Hall–Kier alpha value is -2.34. The third kappa shape index (κ3) is 4.93. The van der Waals surface area contributed by atoms with Crippen LogP contribution in [-0.2, 0) is 10.0 Å². The van der Waals surface area contributed by atoms with Gasteiger partial charge in [0.05, 0.1) is 4.90 Å². The van der Waals surface area contributed by atoms with Crippen LogP contribution in [0.25, 0.3) is 0 Å². The molecule has 1 saturated carbocycles. The molecule has 1 aliphatic carbocycles. The summed E-state index contributed by atoms with van der Waals surface area (Å²) in [6.07, 6.45) is 5.42. The summed E-state index contributed by atoms with van der Waals surface area (Å²) in [7, 11) is -3.78. The number of sulfonamides is 1. The third-order valence-corrected chi connectivity index (χ3v) is 6.56. The van der Waals surface area contributed by atoms with Gasteiger partial charge in [-0.25, -0.2) is 8.42 Å². The Morgan fingerprint density at radius 2 is 1.57 bits per heavy atom. The number of carbonyl (C=O) groups excluding carboxylic acids is 1. The molecule has 1 fully saturated rings. The first-order chi connectivity index (χ1) is 13.2. The molecule has 5 nitrogen and oxygen atoms in total. The average Bonchev–Trinajstić information content (AvgIpc) is 2.61. The van der Waals surface area contributed by atoms with E-state index < -0.39 is 10.0 Å². The van der Waals surface area contributed by atoms with Crippen LogP contribution in [-0.4, -0.2) is 20.4 Å². The van der Waals surface area contributed by atoms with Gasteiger partial charge >= 0.3 is 0 Å². The van der Waals surface area contributed by atoms with Crippen LogP contribution in [0.3, 0.4) is 0 Å². The van der Waals surface area contributed by atoms with Crippen molar-refractivity contribution in [1.82, 2.24) is 5.32 Å². The summed E-state index contributed by atoms with van der Waals surface area (Å²) in [6, 6.07) is 10.4. The zero-order valence-electron chi connectivity index (χ0n) is 16.7. The lowest BCUT2D eigenvalue weighted by molar-refractivity contribution is 0.0927. The quantitative estimate of drug-likeness (QED) is 0.777. The molecular formula is C22H28N2O3S. The first kappa shape index (κ1) is 20.4. The third-order valence-electron chi connectivity index (χ3n) is 5.18. The van der Waals surface area contributed by atoms with Crippen molar-refractivity contribution >= 4 is 21.6 Å². The number of benzene rings is 2. The minimum atomic E-state index is -3.78. The van der Waals surface area contributed by atoms with Crippen molar-refractivity contribution in [2.75, 3.05) is 4.72 Å². The Bertz CT molecular complexity index is 957. The van der Waals surface area contributed by atoms with Crippen LogP contribution in [0.2, 0.25) is 0 Å². The fraction of sp³-hybridized carbons (Fsp3) is 0.409. The number of hydrogen-bond donors (Lipinski definition) is 2. The molecule has 6 heteroatoms. The van der Waals surface area contributed by atoms with E-state index in [9.17, 15) is 13.2 Å². The summed E-state index contributed by atoms with van der Waals surface area (Å²) in [5.74, 6) is -0.201. The number of hydrogen-bond acceptors (Lipinski definition) is 3. The number of aryl methyl sites for hydroxylation is 3. The molecule has 3 rings (SSSR count). The molecule has 150 valence electrons. The van der Waals surface area contributed by atoms with Crippen molar-refractivity contribution in [2.24, 2.45) is 0 Å². The van der Waals surface area contributed by atoms with Crippen LogP contribution >= 0.6 is 0 Å². The highest BCUT2D eigenvalue weighted by Crippen LogP contribution is 2.22. The van der Waals surface area contributed by atoms with E-state index in [0.29, 0.717) is 11.3 Å². The van der Waals surface area contributed by atoms with Crippen molar-refractivity contribution in [3.8, 4) is 0 Å². The molecule has 1 aliphatic rings. The van der Waals surface area contributed by atoms with Crippen LogP contribution in [0.1, 0.15) is 59.2 Å². The molecule has 2 aromatic carbocycles. The first-order valence-corrected chi connectivity index (χ1v) is 11.3. The van der Waals surface area contributed by atoms with Gasteiger partial charge in [0.25, 0.3) is 15.9 Å². The molecule has 2 N–H and O–H groups in total. The van der Waals surface area contributed by atoms with Crippen molar-refractivity contribution in [2.45, 2.75) is 63.8 Å². The average molecular weight is 401 g/mol. The van der Waals surface area contributed by atoms with E-state index >= 15 is 0 Å². The SMILES string of the molecule is Cc1cc(C)cc(NS(=O)(=O)c2ccc(C)c(C(=O)NC3CCCCC3)c2)c1. The van der Waals surface area contributed by atoms with Crippen molar-refractivity contribution in [3.05, 3.63) is 58.7 Å². The number of nitrogens with one attached hydrogen (secondary N) is 2. The van der Waals surface area contributed by atoms with Gasteiger partial charge in [-0.15, -0.1) is 0 Å². The molecule has 2 aromatic rings. The highest BCUT2D eigenvalue weighted by atomic mass is 32.2. The van der Waals surface area contributed by atoms with E-state index in [0.717, 1.165) is 42.4 Å². The lowest BCUT2D eigenvalue weighted by atomic mass is 9.95. The zero-order valence-corrected chi connectivity index (χ0v) is 17.5. The molecule has 0 atom stereocenters. The van der Waals surface area contributed by atoms with Crippen molar-refractivity contribution in [1.29, 1.82) is 0 Å². The topological polar surface area (TPSA) is 75.3 Å². The minimum Gasteiger partial charge on any atom is -0.349 e. The lowest BCUT2D eigenvalue weighted by Gasteiger charge is -2.23. The van der Waals surface area contributed by atoms with Gasteiger partial charge < -0.3 is 5.32 Å². The molecule has 0 heterocycles. The van der Waals surface area contributed by atoms with E-state index in [-0.39, 0.29) is 16.8 Å². The Labute approximate surface area is 167 Å². The predicted octanol–water partition coefficient (Wildman–Crippen LogP) is 4.48. The van der Waals surface area contributed by atoms with Gasteiger partial charge in [-0.05, 0) is 74.6 Å². The monoisotopic (exact) mass is 400 g/mol. The Balaban J connectivity index is 1.83. The number of carbonyl (C=O) groups is 1. The van der Waals surface area contributed by atoms with Gasteiger partial charge in [0.2, 0.25) is 0 Å². The second kappa shape index (κ2) is 8.35. The molecule has 0 aromatic heterocycles. The van der Waals surface area contributed by atoms with E-state index in [4.69, 9.17) is 0 Å². The Morgan fingerprint density at radius 1 is 0.929 bits per heavy atom. The molecular weight excluding hydrogens is 372 g/mol. The lowest BCUT2D eigenvalue weighted by Crippen LogP contribution is -2.36. The molecule has 0 aliphatic heterocycles. The van der Waals surface area contributed by atoms with Crippen LogP contribution in [0.5, 0.6) is 0 Å². The number of anilines is 1. The summed E-state index contributed by atoms with van der Waals surface area (Å²) in [5, 5.41) is 3.07. The summed E-state index contributed by atoms with van der Waals surface area (Å²) in [5.41, 5.74) is 3.65. The highest BCUT2D eigenvalue weighted by Gasteiger charge is 2.21. The number of amides is 1. The molecule has 0 bridgehead atoms. The fourth-order valence-corrected chi connectivity index (χ4v) is 4.84. The summed E-state index contributed by atoms with van der Waals surface area (Å²) in [4.78, 5) is 12.8. The van der Waals surface area contributed by atoms with Gasteiger partial charge in [0.15, 0.2) is 0 Å². The Morgan fingerprint density at radius 3 is 2.21 bits per heavy atom. The second-order valence-corrected chi connectivity index (χ2v) is 9.45. The molecule has 0 spiro atoms. The second-order valence-electron chi connectivity index (χ2n) is 7.77. The molecule has 0 unspecified atom stereocenters. The van der Waals surface area contributed by atoms with Crippen LogP contribution in [0, 0.1) is 20.8 Å². The normalized spacial score (nSPS) is 15.2. The van der Waals surface area contributed by atoms with E-state index in [1.54, 1.807) is 18.2 Å². The van der Waals surface area contributed by atoms with E-state index in [1.807, 2.05) is 26.8 Å². The fourth-order valence-electron chi connectivity index (χ4n) is 3.77. The Kier molecular flexibility index (Phi) is 6.08. The molecule has 28 heavy (non-hydrogen) atoms. The van der Waals surface area contributed by atoms with Gasteiger partial charge in [-0.1, -0.05) is 31.4 Å². The van der Waals surface area contributed by atoms with E-state index in [2.05, 4.69) is 10.0 Å². The van der Waals surface area contributed by atoms with Gasteiger partial charge in [-0.2, -0.15) is 0 Å². The maximum Gasteiger partial charge on any atom is 0.261 e. The van der Waals surface area contributed by atoms with Crippen LogP contribution in [0.4, 0.5) is 5.69 Å². The summed E-state index contributed by atoms with van der Waals surface area (Å²) >= 11 is 0. The smallest absolute Gasteiger partial charge is 0.261 e. The largest absolute Gasteiger partial charge is 0.349 e. The summed E-state index contributed by atoms with van der Waals surface area (Å²) < 4.78 is 28.3. The van der Waals surface area contributed by atoms with Crippen LogP contribution < -0.4 is 10.0 Å². The summed E-state index contributed by atoms with van der Waals surface area (Å²) in [6.45, 7) is 5.66. The molecule has 1 amide bonds. The van der Waals surface area contributed by atoms with Crippen LogP contribution in [0.15, 0.2) is 41.3 Å². The minimum absolute atomic E-state index is 0.0889. The highest BCUT2D eigenvalue weighted by molar-refractivity contribution is 7.92. The first-order valence-electron chi connectivity index (χ1n) is 9.77. The van der Waals surface area contributed by atoms with E-state index in [1.165, 1.54) is 18.6 Å². The predicted molar refractivity (Wildman–Crippen MR) is 112 cm³/mol. The van der Waals surface area contributed by atoms with Gasteiger partial charge in [0, 0.05) is 17.3 Å². The van der Waals surface area contributed by atoms with Gasteiger partial charge in [-0.3, -0.25) is 9.52 Å². The number of rotatable bonds is 5. The standard InChI is InChI=1S/C22H28N2O3S/c1-15-11-16(2)13-19(12-15)24-28(26,27)20-10-9-17(3)21(14-20)22(25)23-18-7-5-4-6-8-18/h9-14,18,24H,4-8H2,1-3H3,(H,23,25). The van der Waals surface area contributed by atoms with Crippen molar-refractivity contribution in [3.63, 3.8) is 0 Å². The molecule has 0 radical (unpaired) electrons.